The van der Waals surface area contributed by atoms with Crippen LogP contribution in [0, 0.1) is 13.8 Å². The number of rotatable bonds is 1. The number of nitrogens with one attached hydrogen (secondary N) is 1. The normalized spacial score (nSPS) is 20.9. The minimum Gasteiger partial charge on any atom is -0.506 e. The third kappa shape index (κ3) is 1.91. The second kappa shape index (κ2) is 4.14. The Hall–Kier alpha value is -0.540. The van der Waals surface area contributed by atoms with Gasteiger partial charge in [0.2, 0.25) is 0 Å². The van der Waals surface area contributed by atoms with E-state index in [4.69, 9.17) is 0 Å². The summed E-state index contributed by atoms with van der Waals surface area (Å²) in [6.45, 7) is 6.14. The summed E-state index contributed by atoms with van der Waals surface area (Å²) in [5.74, 6) is 0.882. The SMILES string of the molecule is Cc1cc(C2CCNC2)c(O)c(Br)c1C. The average molecular weight is 270 g/mol. The van der Waals surface area contributed by atoms with E-state index in [9.17, 15) is 5.11 Å². The maximum absolute atomic E-state index is 10.1. The molecule has 2 nitrogen and oxygen atoms in total. The van der Waals surface area contributed by atoms with Gasteiger partial charge in [0.05, 0.1) is 4.47 Å². The van der Waals surface area contributed by atoms with Gasteiger partial charge in [0, 0.05) is 12.5 Å². The van der Waals surface area contributed by atoms with E-state index in [-0.39, 0.29) is 0 Å². The van der Waals surface area contributed by atoms with Crippen molar-refractivity contribution in [2.75, 3.05) is 13.1 Å². The molecule has 0 aliphatic carbocycles. The van der Waals surface area contributed by atoms with Crippen molar-refractivity contribution in [1.82, 2.24) is 5.32 Å². The van der Waals surface area contributed by atoms with Crippen molar-refractivity contribution < 1.29 is 5.11 Å². The molecule has 1 saturated heterocycles. The first-order valence-electron chi connectivity index (χ1n) is 5.30. The predicted octanol–water partition coefficient (Wildman–Crippen LogP) is 2.85. The zero-order valence-electron chi connectivity index (χ0n) is 9.10. The maximum Gasteiger partial charge on any atom is 0.133 e. The van der Waals surface area contributed by atoms with Crippen molar-refractivity contribution in [3.63, 3.8) is 0 Å². The van der Waals surface area contributed by atoms with Crippen molar-refractivity contribution in [3.8, 4) is 5.75 Å². The summed E-state index contributed by atoms with van der Waals surface area (Å²) in [6.07, 6.45) is 1.11. The molecule has 0 amide bonds. The zero-order chi connectivity index (χ0) is 11.0. The van der Waals surface area contributed by atoms with Crippen LogP contribution < -0.4 is 5.32 Å². The molecule has 3 heteroatoms. The number of aromatic hydroxyl groups is 1. The Morgan fingerprint density at radius 1 is 1.47 bits per heavy atom. The Balaban J connectivity index is 2.47. The first-order chi connectivity index (χ1) is 7.11. The van der Waals surface area contributed by atoms with Crippen LogP contribution in [-0.2, 0) is 0 Å². The predicted molar refractivity (Wildman–Crippen MR) is 65.5 cm³/mol. The van der Waals surface area contributed by atoms with Crippen LogP contribution in [0.1, 0.15) is 29.0 Å². The largest absolute Gasteiger partial charge is 0.506 e. The second-order valence-corrected chi connectivity index (χ2v) is 5.05. The number of phenols is 1. The van der Waals surface area contributed by atoms with Crippen molar-refractivity contribution in [2.45, 2.75) is 26.2 Å². The van der Waals surface area contributed by atoms with Crippen LogP contribution in [0.2, 0.25) is 0 Å². The number of phenolic OH excluding ortho intramolecular Hbond substituents is 1. The van der Waals surface area contributed by atoms with Crippen molar-refractivity contribution >= 4 is 15.9 Å². The topological polar surface area (TPSA) is 32.3 Å². The summed E-state index contributed by atoms with van der Waals surface area (Å²) in [6, 6.07) is 2.12. The average Bonchev–Trinajstić information content (AvgIpc) is 2.73. The molecule has 1 aliphatic rings. The number of halogens is 1. The number of aryl methyl sites for hydroxylation is 1. The van der Waals surface area contributed by atoms with Crippen LogP contribution in [-0.4, -0.2) is 18.2 Å². The summed E-state index contributed by atoms with van der Waals surface area (Å²) in [5.41, 5.74) is 3.44. The van der Waals surface area contributed by atoms with Crippen molar-refractivity contribution in [1.29, 1.82) is 0 Å². The molecule has 0 bridgehead atoms. The fraction of sp³-hybridized carbons (Fsp3) is 0.500. The third-order valence-corrected chi connectivity index (χ3v) is 4.24. The van der Waals surface area contributed by atoms with Crippen LogP contribution in [0.25, 0.3) is 0 Å². The Morgan fingerprint density at radius 3 is 2.80 bits per heavy atom. The molecule has 1 atom stereocenters. The Kier molecular flexibility index (Phi) is 3.03. The van der Waals surface area contributed by atoms with E-state index in [0.29, 0.717) is 11.7 Å². The fourth-order valence-corrected chi connectivity index (χ4v) is 2.66. The van der Waals surface area contributed by atoms with E-state index in [1.807, 2.05) is 6.92 Å². The molecular formula is C12H16BrNO. The van der Waals surface area contributed by atoms with E-state index in [1.165, 1.54) is 5.56 Å². The lowest BCUT2D eigenvalue weighted by molar-refractivity contribution is 0.458. The lowest BCUT2D eigenvalue weighted by Crippen LogP contribution is -2.08. The van der Waals surface area contributed by atoms with Gasteiger partial charge >= 0.3 is 0 Å². The molecule has 15 heavy (non-hydrogen) atoms. The minimum absolute atomic E-state index is 0.423. The van der Waals surface area contributed by atoms with Crippen LogP contribution in [0.3, 0.4) is 0 Å². The van der Waals surface area contributed by atoms with Gasteiger partial charge in [0.25, 0.3) is 0 Å². The third-order valence-electron chi connectivity index (χ3n) is 3.27. The van der Waals surface area contributed by atoms with Gasteiger partial charge in [0.15, 0.2) is 0 Å². The summed E-state index contributed by atoms with van der Waals surface area (Å²) in [7, 11) is 0. The van der Waals surface area contributed by atoms with Gasteiger partial charge in [-0.15, -0.1) is 0 Å². The van der Waals surface area contributed by atoms with Crippen molar-refractivity contribution in [2.24, 2.45) is 0 Å². The van der Waals surface area contributed by atoms with Gasteiger partial charge in [-0.3, -0.25) is 0 Å². The molecule has 1 aromatic carbocycles. The molecule has 0 radical (unpaired) electrons. The molecule has 1 aliphatic heterocycles. The Labute approximate surface area is 98.8 Å². The monoisotopic (exact) mass is 269 g/mol. The van der Waals surface area contributed by atoms with Gasteiger partial charge in [-0.05, 0) is 59.4 Å². The van der Waals surface area contributed by atoms with Gasteiger partial charge < -0.3 is 10.4 Å². The highest BCUT2D eigenvalue weighted by atomic mass is 79.9. The number of benzene rings is 1. The Bertz CT molecular complexity index is 384. The summed E-state index contributed by atoms with van der Waals surface area (Å²) in [4.78, 5) is 0. The molecule has 1 unspecified atom stereocenters. The molecule has 1 fully saturated rings. The lowest BCUT2D eigenvalue weighted by atomic mass is 9.94. The number of hydrogen-bond donors (Lipinski definition) is 2. The first kappa shape index (κ1) is 11.0. The first-order valence-corrected chi connectivity index (χ1v) is 6.10. The molecular weight excluding hydrogens is 254 g/mol. The number of hydrogen-bond acceptors (Lipinski definition) is 2. The molecule has 2 N–H and O–H groups in total. The van der Waals surface area contributed by atoms with Crippen LogP contribution in [0.5, 0.6) is 5.75 Å². The van der Waals surface area contributed by atoms with Crippen LogP contribution >= 0.6 is 15.9 Å². The molecule has 1 aromatic rings. The minimum atomic E-state index is 0.423. The highest BCUT2D eigenvalue weighted by Gasteiger charge is 2.22. The second-order valence-electron chi connectivity index (χ2n) is 4.26. The van der Waals surface area contributed by atoms with E-state index >= 15 is 0 Å². The van der Waals surface area contributed by atoms with Crippen LogP contribution in [0.4, 0.5) is 0 Å². The smallest absolute Gasteiger partial charge is 0.133 e. The standard InChI is InChI=1S/C12H16BrNO/c1-7-5-10(9-3-4-14-6-9)12(15)11(13)8(7)2/h5,9,14-15H,3-4,6H2,1-2H3. The molecule has 0 aromatic heterocycles. The molecule has 82 valence electrons. The summed E-state index contributed by atoms with van der Waals surface area (Å²) < 4.78 is 0.851. The van der Waals surface area contributed by atoms with E-state index < -0.39 is 0 Å². The lowest BCUT2D eigenvalue weighted by Gasteiger charge is -2.15. The van der Waals surface area contributed by atoms with Gasteiger partial charge in [-0.25, -0.2) is 0 Å². The van der Waals surface area contributed by atoms with Crippen LogP contribution in [0.15, 0.2) is 10.5 Å². The quantitative estimate of drug-likeness (QED) is 0.822. The summed E-state index contributed by atoms with van der Waals surface area (Å²) >= 11 is 3.46. The van der Waals surface area contributed by atoms with E-state index in [1.54, 1.807) is 0 Å². The molecule has 1 heterocycles. The Morgan fingerprint density at radius 2 is 2.20 bits per heavy atom. The molecule has 0 saturated carbocycles. The molecule has 0 spiro atoms. The van der Waals surface area contributed by atoms with Gasteiger partial charge in [-0.1, -0.05) is 6.07 Å². The highest BCUT2D eigenvalue weighted by Crippen LogP contribution is 2.38. The maximum atomic E-state index is 10.1. The van der Waals surface area contributed by atoms with Crippen molar-refractivity contribution in [3.05, 3.63) is 27.2 Å². The highest BCUT2D eigenvalue weighted by molar-refractivity contribution is 9.10. The van der Waals surface area contributed by atoms with Gasteiger partial charge in [-0.2, -0.15) is 0 Å². The van der Waals surface area contributed by atoms with E-state index in [0.717, 1.165) is 35.1 Å². The zero-order valence-corrected chi connectivity index (χ0v) is 10.7. The van der Waals surface area contributed by atoms with Gasteiger partial charge in [0.1, 0.15) is 5.75 Å². The van der Waals surface area contributed by atoms with E-state index in [2.05, 4.69) is 34.2 Å². The summed E-state index contributed by atoms with van der Waals surface area (Å²) in [5, 5.41) is 13.4. The fourth-order valence-electron chi connectivity index (χ4n) is 2.12. The molecule has 2 rings (SSSR count).